The molecule has 4 fully saturated rings. The number of carbonyl (C=O) groups excluding carboxylic acids is 6. The van der Waals surface area contributed by atoms with Crippen molar-refractivity contribution in [3.05, 3.63) is 0 Å². The maximum atomic E-state index is 14.2. The molecule has 626 valence electrons. The molecule has 0 aromatic rings. The van der Waals surface area contributed by atoms with Crippen LogP contribution in [0.5, 0.6) is 0 Å². The molecule has 0 radical (unpaired) electrons. The van der Waals surface area contributed by atoms with Gasteiger partial charge in [-0.3, -0.25) is 38.6 Å². The monoisotopic (exact) mass is 1540 g/mol. The van der Waals surface area contributed by atoms with Crippen LogP contribution in [0.25, 0.3) is 0 Å². The smallest absolute Gasteiger partial charge is 0.316 e. The van der Waals surface area contributed by atoms with Crippen LogP contribution < -0.4 is 5.90 Å². The summed E-state index contributed by atoms with van der Waals surface area (Å²) in [7, 11) is 15.7. The Bertz CT molecular complexity index is 2840. The van der Waals surface area contributed by atoms with E-state index in [2.05, 4.69) is 26.7 Å². The van der Waals surface area contributed by atoms with Crippen LogP contribution in [-0.2, 0) is 81.1 Å². The third-order valence-electron chi connectivity index (χ3n) is 21.8. The zero-order chi connectivity index (χ0) is 83.3. The Morgan fingerprint density at radius 2 is 0.991 bits per heavy atom. The predicted octanol–water partition coefficient (Wildman–Crippen LogP) is 5.00. The fraction of sp³-hybridized carbons (Fsp3) is 0.861. The van der Waals surface area contributed by atoms with Gasteiger partial charge in [-0.05, 0) is 156 Å². The fourth-order valence-corrected chi connectivity index (χ4v) is 15.0. The molecule has 0 aromatic heterocycles. The number of nitrogens with two attached hydrogens (primary N) is 1. The first kappa shape index (κ1) is 101. The Balaban J connectivity index is 0.000000960. The van der Waals surface area contributed by atoms with E-state index < -0.39 is 161 Å². The average molecular weight is 1540 g/mol. The van der Waals surface area contributed by atoms with Crippen molar-refractivity contribution < 1.29 is 112 Å². The van der Waals surface area contributed by atoms with E-state index in [1.165, 1.54) is 55.8 Å². The van der Waals surface area contributed by atoms with Gasteiger partial charge in [0.15, 0.2) is 30.3 Å². The van der Waals surface area contributed by atoms with Crippen LogP contribution in [0.2, 0.25) is 0 Å². The SMILES string of the molecule is C#CCCN(C)[C@H]1C[C@@H](C)OC(O[C@@H]2[C@@H](C)C(=O)[C@@H](C)C(=O)O[C@H](CC)[C@@](C)(O)[C@@H](O)[C@@H](C)/C(=N/OCCCN(C)C)[C@H](C)C[C@@]2(C)OC)[C@@H]1O.C#CCCN(C)[C@H]1C[C@@H](C)OC(O[C@@H]2[C@@H](C)C(=O)[C@@H](C)C(=O)O[C@H](CC)[C@@](C)(O)[C@@H](O)[C@@H](C)C(=O)[C@H](C)C[C@@]2(C)OC)[C@@H]1OC(C)=O.CN(C)CCCON.CO. The zero-order valence-electron chi connectivity index (χ0n) is 70.1. The van der Waals surface area contributed by atoms with Crippen molar-refractivity contribution in [3.8, 4) is 24.7 Å². The summed E-state index contributed by atoms with van der Waals surface area (Å²) in [5, 5.41) is 69.1. The molecule has 8 N–H and O–H groups in total. The van der Waals surface area contributed by atoms with Gasteiger partial charge in [-0.25, -0.2) is 5.90 Å². The fourth-order valence-electron chi connectivity index (χ4n) is 15.0. The van der Waals surface area contributed by atoms with Crippen molar-refractivity contribution >= 4 is 41.0 Å². The highest BCUT2D eigenvalue weighted by Gasteiger charge is 2.55. The first-order chi connectivity index (χ1) is 50.3. The van der Waals surface area contributed by atoms with Gasteiger partial charge >= 0.3 is 17.9 Å². The largest absolute Gasteiger partial charge is 0.459 e. The van der Waals surface area contributed by atoms with Crippen molar-refractivity contribution in [2.45, 2.75) is 290 Å². The zero-order valence-corrected chi connectivity index (χ0v) is 70.1. The first-order valence-corrected chi connectivity index (χ1v) is 38.2. The summed E-state index contributed by atoms with van der Waals surface area (Å²) in [6.07, 6.45) is 3.01. The van der Waals surface area contributed by atoms with E-state index in [-0.39, 0.29) is 55.8 Å². The van der Waals surface area contributed by atoms with Gasteiger partial charge in [0.05, 0.1) is 66.2 Å². The molecule has 2 unspecified atom stereocenters. The Labute approximate surface area is 645 Å². The molecule has 4 aliphatic rings. The second kappa shape index (κ2) is 47.7. The molecular formula is C79H142N6O23. The third-order valence-corrected chi connectivity index (χ3v) is 21.8. The number of methoxy groups -OCH3 is 2. The molecule has 29 nitrogen and oxygen atoms in total. The Morgan fingerprint density at radius 1 is 0.593 bits per heavy atom. The van der Waals surface area contributed by atoms with Crippen molar-refractivity contribution in [2.75, 3.05) is 103 Å². The van der Waals surface area contributed by atoms with Gasteiger partial charge < -0.3 is 92.7 Å². The molecule has 108 heavy (non-hydrogen) atoms. The summed E-state index contributed by atoms with van der Waals surface area (Å²) in [5.41, 5.74) is -5.95. The van der Waals surface area contributed by atoms with Crippen LogP contribution in [0, 0.1) is 72.0 Å². The van der Waals surface area contributed by atoms with E-state index in [9.17, 15) is 54.3 Å². The minimum Gasteiger partial charge on any atom is -0.459 e. The third kappa shape index (κ3) is 28.7. The molecule has 0 saturated carbocycles. The predicted molar refractivity (Wildman–Crippen MR) is 409 cm³/mol. The lowest BCUT2D eigenvalue weighted by Gasteiger charge is -2.48. The van der Waals surface area contributed by atoms with Gasteiger partial charge in [0.25, 0.3) is 0 Å². The number of likely N-dealkylation sites (N-methyl/N-ethyl adjacent to an activating group) is 2. The molecule has 4 aliphatic heterocycles. The Morgan fingerprint density at radius 3 is 1.40 bits per heavy atom. The number of nitrogens with zero attached hydrogens (tertiary/aromatic N) is 5. The molecular weight excluding hydrogens is 1400 g/mol. The minimum atomic E-state index is -1.97. The quantitative estimate of drug-likeness (QED) is 0.0167. The molecule has 0 bridgehead atoms. The van der Waals surface area contributed by atoms with Crippen molar-refractivity contribution in [3.63, 3.8) is 0 Å². The maximum absolute atomic E-state index is 14.2. The van der Waals surface area contributed by atoms with E-state index in [0.29, 0.717) is 64.1 Å². The summed E-state index contributed by atoms with van der Waals surface area (Å²) in [6.45, 7) is 31.6. The van der Waals surface area contributed by atoms with Crippen LogP contribution >= 0.6 is 0 Å². The lowest BCUT2D eigenvalue weighted by atomic mass is 9.74. The highest BCUT2D eigenvalue weighted by molar-refractivity contribution is 6.01. The van der Waals surface area contributed by atoms with Crippen LogP contribution in [-0.4, -0.2) is 302 Å². The number of hydrogen-bond acceptors (Lipinski definition) is 29. The number of esters is 3. The molecule has 4 heterocycles. The molecule has 0 aromatic carbocycles. The van der Waals surface area contributed by atoms with E-state index in [1.54, 1.807) is 48.5 Å². The number of cyclic esters (lactones) is 2. The maximum Gasteiger partial charge on any atom is 0.316 e. The Kier molecular flexibility index (Phi) is 44.8. The van der Waals surface area contributed by atoms with Crippen molar-refractivity contribution in [1.82, 2.24) is 19.6 Å². The number of oxime groups is 1. The molecule has 0 aliphatic carbocycles. The summed E-state index contributed by atoms with van der Waals surface area (Å²) in [5.74, 6) is -0.989. The molecule has 0 amide bonds. The van der Waals surface area contributed by atoms with E-state index >= 15 is 0 Å². The van der Waals surface area contributed by atoms with Gasteiger partial charge in [0.2, 0.25) is 0 Å². The summed E-state index contributed by atoms with van der Waals surface area (Å²) >= 11 is 0. The number of terminal acetylenes is 2. The molecule has 26 atom stereocenters. The van der Waals surface area contributed by atoms with E-state index in [1.807, 2.05) is 84.7 Å². The number of carbonyl (C=O) groups is 6. The summed E-state index contributed by atoms with van der Waals surface area (Å²) in [6, 6.07) is -0.669. The van der Waals surface area contributed by atoms with E-state index in [4.69, 9.17) is 71.3 Å². The topological polar surface area (TPSA) is 377 Å². The summed E-state index contributed by atoms with van der Waals surface area (Å²) < 4.78 is 55.2. The van der Waals surface area contributed by atoms with Gasteiger partial charge in [-0.1, -0.05) is 60.5 Å². The number of rotatable bonds is 24. The number of aliphatic hydroxyl groups is 6. The molecule has 4 saturated heterocycles. The van der Waals surface area contributed by atoms with Gasteiger partial charge in [-0.2, -0.15) is 0 Å². The normalized spacial score (nSPS) is 37.5. The second-order valence-electron chi connectivity index (χ2n) is 31.4. The lowest BCUT2D eigenvalue weighted by Crippen LogP contribution is -2.61. The lowest BCUT2D eigenvalue weighted by molar-refractivity contribution is -0.298. The summed E-state index contributed by atoms with van der Waals surface area (Å²) in [4.78, 5) is 99.5. The molecule has 29 heteroatoms. The van der Waals surface area contributed by atoms with E-state index in [0.717, 1.165) is 26.6 Å². The minimum absolute atomic E-state index is 0.0475. The van der Waals surface area contributed by atoms with Gasteiger partial charge in [0.1, 0.15) is 53.7 Å². The second-order valence-corrected chi connectivity index (χ2v) is 31.4. The molecule has 4 rings (SSSR count). The first-order valence-electron chi connectivity index (χ1n) is 38.2. The number of ether oxygens (including phenoxy) is 9. The molecule has 0 spiro atoms. The van der Waals surface area contributed by atoms with Gasteiger partial charge in [-0.15, -0.1) is 24.7 Å². The van der Waals surface area contributed by atoms with Crippen molar-refractivity contribution in [2.24, 2.45) is 58.4 Å². The van der Waals surface area contributed by atoms with Crippen LogP contribution in [0.4, 0.5) is 0 Å². The van der Waals surface area contributed by atoms with Gasteiger partial charge in [0, 0.05) is 102 Å². The number of aliphatic hydroxyl groups excluding tert-OH is 4. The average Bonchev–Trinajstić information content (AvgIpc) is 0.781. The van der Waals surface area contributed by atoms with Crippen LogP contribution in [0.3, 0.4) is 0 Å². The number of hydrogen-bond donors (Lipinski definition) is 7. The van der Waals surface area contributed by atoms with Crippen LogP contribution in [0.1, 0.15) is 182 Å². The Hall–Kier alpha value is -4.71. The standard InChI is InChI=1S/C38H67N3O10.C35H57NO11.C5H14N2O.CH4O/c1-14-16-19-41(12)28-21-24(4)49-36(32(28)43)51-34-26(6)31(42)27(7)35(45)50-29(15-2)38(9,46)33(44)25(5)30(23(3)22-37(34,8)47-13)39-48-20-17-18-40(10)11;1-13-15-16-36(11)25-17-20(4)44-33(29(25)45-24(8)37)47-31-22(6)28(39)23(7)32(41)46-26(14-2)35(10,42)30(40)21(5)27(38)19(3)18-34(31,9)43-12;1-7(2)4-3-5-8-6;1-2/h1,23-29,32-34,36,43-44,46H,15-22H2,2-13H3;1,19-23,25-26,29-31,33,40,42H,14-18H2,2-12H3;3-6H2,1-2H3;2H,1H3/b39-30+;;;/t23-,24-,25+,26+,27-,28+,29-,32-,33+,34-,36?,37-,38-;19-,20-,21+,22+,23-,25+,26-,29-,30+,31-,33?,34-,35-;;/m11../s1. The number of Topliss-reactive ketones (excluding diaryl/α,β-unsaturated/α-hetero) is 3. The highest BCUT2D eigenvalue weighted by atomic mass is 16.7. The highest BCUT2D eigenvalue weighted by Crippen LogP contribution is 2.42. The van der Waals surface area contributed by atoms with Crippen LogP contribution in [0.15, 0.2) is 5.16 Å². The van der Waals surface area contributed by atoms with Crippen molar-refractivity contribution in [1.29, 1.82) is 0 Å². The number of ketones is 3.